The SMILES string of the molecule is C#C[N+](C)(CC)CC. The molecule has 0 aliphatic carbocycles. The van der Waals surface area contributed by atoms with Gasteiger partial charge in [0, 0.05) is 0 Å². The van der Waals surface area contributed by atoms with Crippen molar-refractivity contribution in [2.75, 3.05) is 20.1 Å². The zero-order valence-corrected chi connectivity index (χ0v) is 5.94. The van der Waals surface area contributed by atoms with Gasteiger partial charge in [-0.2, -0.15) is 0 Å². The first kappa shape index (κ1) is 7.52. The Hall–Kier alpha value is -0.480. The van der Waals surface area contributed by atoms with Crippen molar-refractivity contribution in [2.45, 2.75) is 13.8 Å². The lowest BCUT2D eigenvalue weighted by Crippen LogP contribution is -2.37. The van der Waals surface area contributed by atoms with Gasteiger partial charge in [0.2, 0.25) is 0 Å². The number of quaternary nitrogens is 1. The van der Waals surface area contributed by atoms with Gasteiger partial charge in [0.1, 0.15) is 6.04 Å². The zero-order chi connectivity index (χ0) is 6.62. The predicted molar refractivity (Wildman–Crippen MR) is 36.1 cm³/mol. The van der Waals surface area contributed by atoms with Crippen LogP contribution in [0.2, 0.25) is 0 Å². The molecule has 0 aliphatic rings. The summed E-state index contributed by atoms with van der Waals surface area (Å²) in [6.07, 6.45) is 5.25. The Labute approximate surface area is 51.9 Å². The molecule has 0 bridgehead atoms. The Balaban J connectivity index is 3.83. The lowest BCUT2D eigenvalue weighted by atomic mass is 10.5. The van der Waals surface area contributed by atoms with Gasteiger partial charge >= 0.3 is 0 Å². The van der Waals surface area contributed by atoms with Crippen LogP contribution in [0.15, 0.2) is 0 Å². The van der Waals surface area contributed by atoms with E-state index in [1.807, 2.05) is 0 Å². The molecule has 0 fully saturated rings. The van der Waals surface area contributed by atoms with E-state index < -0.39 is 0 Å². The molecule has 0 aliphatic heterocycles. The number of hydrogen-bond acceptors (Lipinski definition) is 0. The Bertz CT molecular complexity index is 95.4. The molecule has 0 atom stereocenters. The summed E-state index contributed by atoms with van der Waals surface area (Å²) in [4.78, 5) is 0. The minimum absolute atomic E-state index is 0.736. The molecule has 0 saturated heterocycles. The standard InChI is InChI=1S/C7H14N/c1-5-8(4,6-2)7-3/h1H,6-7H2,2-4H3/q+1. The number of hydrogen-bond donors (Lipinski definition) is 0. The summed E-state index contributed by atoms with van der Waals surface area (Å²) < 4.78 is 0.736. The molecule has 0 heterocycles. The Morgan fingerprint density at radius 3 is 1.75 bits per heavy atom. The Morgan fingerprint density at radius 1 is 1.38 bits per heavy atom. The fourth-order valence-electron chi connectivity index (χ4n) is 0.406. The van der Waals surface area contributed by atoms with Crippen molar-refractivity contribution in [2.24, 2.45) is 0 Å². The second kappa shape index (κ2) is 2.74. The summed E-state index contributed by atoms with van der Waals surface area (Å²) in [6.45, 7) is 6.24. The van der Waals surface area contributed by atoms with Crippen LogP contribution in [0.4, 0.5) is 0 Å². The van der Waals surface area contributed by atoms with Crippen molar-refractivity contribution < 1.29 is 4.48 Å². The molecule has 0 aromatic heterocycles. The summed E-state index contributed by atoms with van der Waals surface area (Å²) in [7, 11) is 2.06. The normalized spacial score (nSPS) is 10.8. The van der Waals surface area contributed by atoms with E-state index in [0.717, 1.165) is 17.6 Å². The molecule has 0 unspecified atom stereocenters. The van der Waals surface area contributed by atoms with Gasteiger partial charge in [0.15, 0.2) is 0 Å². The third kappa shape index (κ3) is 1.55. The lowest BCUT2D eigenvalue weighted by molar-refractivity contribution is -0.839. The fourth-order valence-corrected chi connectivity index (χ4v) is 0.406. The topological polar surface area (TPSA) is 0 Å². The van der Waals surface area contributed by atoms with Crippen molar-refractivity contribution in [3.05, 3.63) is 0 Å². The molecule has 0 radical (unpaired) electrons. The molecule has 0 aromatic rings. The van der Waals surface area contributed by atoms with Crippen molar-refractivity contribution >= 4 is 0 Å². The minimum Gasteiger partial charge on any atom is -0.250 e. The third-order valence-electron chi connectivity index (χ3n) is 1.71. The summed E-state index contributed by atoms with van der Waals surface area (Å²) in [5.41, 5.74) is 0. The third-order valence-corrected chi connectivity index (χ3v) is 1.71. The van der Waals surface area contributed by atoms with Crippen molar-refractivity contribution in [1.29, 1.82) is 0 Å². The highest BCUT2D eigenvalue weighted by Gasteiger charge is 2.10. The summed E-state index contributed by atoms with van der Waals surface area (Å²) in [5, 5.41) is 0. The van der Waals surface area contributed by atoms with Crippen LogP contribution in [0.3, 0.4) is 0 Å². The monoisotopic (exact) mass is 112 g/mol. The maximum absolute atomic E-state index is 5.25. The van der Waals surface area contributed by atoms with E-state index in [9.17, 15) is 0 Å². The molecule has 0 amide bonds. The smallest absolute Gasteiger partial charge is 0.133 e. The van der Waals surface area contributed by atoms with Crippen LogP contribution < -0.4 is 0 Å². The predicted octanol–water partition coefficient (Wildman–Crippen LogP) is 1.06. The average molecular weight is 112 g/mol. The minimum atomic E-state index is 0.736. The molecule has 0 spiro atoms. The van der Waals surface area contributed by atoms with E-state index in [1.54, 1.807) is 0 Å². The maximum atomic E-state index is 5.25. The Morgan fingerprint density at radius 2 is 1.75 bits per heavy atom. The highest BCUT2D eigenvalue weighted by molar-refractivity contribution is 4.69. The first-order valence-electron chi connectivity index (χ1n) is 3.01. The quantitative estimate of drug-likeness (QED) is 0.370. The second-order valence-corrected chi connectivity index (χ2v) is 2.16. The van der Waals surface area contributed by atoms with Gasteiger partial charge in [-0.3, -0.25) is 0 Å². The molecule has 46 valence electrons. The fraction of sp³-hybridized carbons (Fsp3) is 0.714. The van der Waals surface area contributed by atoms with Gasteiger partial charge in [-0.25, -0.2) is 4.48 Å². The van der Waals surface area contributed by atoms with Crippen LogP contribution in [-0.4, -0.2) is 24.6 Å². The molecule has 0 aromatic carbocycles. The van der Waals surface area contributed by atoms with E-state index in [1.165, 1.54) is 0 Å². The van der Waals surface area contributed by atoms with E-state index >= 15 is 0 Å². The first-order chi connectivity index (χ1) is 3.68. The van der Waals surface area contributed by atoms with Gasteiger partial charge in [-0.15, -0.1) is 0 Å². The highest BCUT2D eigenvalue weighted by atomic mass is 15.3. The number of terminal acetylenes is 1. The summed E-state index contributed by atoms with van der Waals surface area (Å²) in [5.74, 6) is 0. The molecule has 1 heteroatoms. The number of rotatable bonds is 2. The molecule has 0 rings (SSSR count). The average Bonchev–Trinajstić information content (AvgIpc) is 1.87. The van der Waals surface area contributed by atoms with Gasteiger partial charge in [-0.05, 0) is 13.8 Å². The zero-order valence-electron chi connectivity index (χ0n) is 5.94. The van der Waals surface area contributed by atoms with Crippen LogP contribution in [-0.2, 0) is 0 Å². The van der Waals surface area contributed by atoms with Crippen LogP contribution >= 0.6 is 0 Å². The second-order valence-electron chi connectivity index (χ2n) is 2.16. The van der Waals surface area contributed by atoms with Gasteiger partial charge in [-0.1, -0.05) is 6.42 Å². The van der Waals surface area contributed by atoms with E-state index in [4.69, 9.17) is 6.42 Å². The van der Waals surface area contributed by atoms with Crippen LogP contribution in [0, 0.1) is 12.5 Å². The van der Waals surface area contributed by atoms with Crippen molar-refractivity contribution in [3.8, 4) is 12.5 Å². The lowest BCUT2D eigenvalue weighted by Gasteiger charge is -2.22. The van der Waals surface area contributed by atoms with Crippen LogP contribution in [0.5, 0.6) is 0 Å². The summed E-state index contributed by atoms with van der Waals surface area (Å²) >= 11 is 0. The number of nitrogens with zero attached hydrogens (tertiary/aromatic N) is 1. The molecule has 0 saturated carbocycles. The van der Waals surface area contributed by atoms with E-state index in [-0.39, 0.29) is 0 Å². The maximum Gasteiger partial charge on any atom is 0.133 e. The molecule has 0 N–H and O–H groups in total. The van der Waals surface area contributed by atoms with Crippen molar-refractivity contribution in [3.63, 3.8) is 0 Å². The van der Waals surface area contributed by atoms with Gasteiger partial charge in [0.05, 0.1) is 20.1 Å². The van der Waals surface area contributed by atoms with Crippen molar-refractivity contribution in [1.82, 2.24) is 0 Å². The molecular weight excluding hydrogens is 98.1 g/mol. The molecule has 1 nitrogen and oxygen atoms in total. The largest absolute Gasteiger partial charge is 0.250 e. The van der Waals surface area contributed by atoms with Crippen LogP contribution in [0.25, 0.3) is 0 Å². The molecular formula is C7H14N+. The first-order valence-corrected chi connectivity index (χ1v) is 3.01. The molecule has 8 heavy (non-hydrogen) atoms. The summed E-state index contributed by atoms with van der Waals surface area (Å²) in [6, 6.07) is 2.72. The highest BCUT2D eigenvalue weighted by Crippen LogP contribution is 1.95. The van der Waals surface area contributed by atoms with E-state index in [2.05, 4.69) is 26.9 Å². The van der Waals surface area contributed by atoms with Gasteiger partial charge < -0.3 is 0 Å². The Kier molecular flexibility index (Phi) is 2.57. The van der Waals surface area contributed by atoms with Crippen LogP contribution in [0.1, 0.15) is 13.8 Å². The van der Waals surface area contributed by atoms with E-state index in [0.29, 0.717) is 0 Å². The van der Waals surface area contributed by atoms with Gasteiger partial charge in [0.25, 0.3) is 0 Å².